The predicted octanol–water partition coefficient (Wildman–Crippen LogP) is 1.81. The Kier molecular flexibility index (Phi) is 3.94. The van der Waals surface area contributed by atoms with Gasteiger partial charge in [-0.3, -0.25) is 0 Å². The second-order valence-corrected chi connectivity index (χ2v) is 7.01. The number of hydrogen-bond donors (Lipinski definition) is 0. The molecule has 2 saturated heterocycles. The summed E-state index contributed by atoms with van der Waals surface area (Å²) in [6.45, 7) is 7.45. The van der Waals surface area contributed by atoms with Crippen LogP contribution in [0.3, 0.4) is 0 Å². The van der Waals surface area contributed by atoms with Crippen molar-refractivity contribution in [3.63, 3.8) is 0 Å². The molecule has 2 aliphatic rings. The SMILES string of the molecule is CC1(C)COB(c2csc(C3CCOCC3)n2)OC1. The minimum atomic E-state index is -0.280. The maximum absolute atomic E-state index is 5.78. The van der Waals surface area contributed by atoms with E-state index in [1.807, 2.05) is 0 Å². The minimum absolute atomic E-state index is 0.107. The molecule has 0 spiro atoms. The van der Waals surface area contributed by atoms with Crippen LogP contribution in [0.2, 0.25) is 0 Å². The molecular formula is C13H20BNO3S. The summed E-state index contributed by atoms with van der Waals surface area (Å²) < 4.78 is 16.9. The Bertz CT molecular complexity index is 421. The maximum Gasteiger partial charge on any atom is 0.514 e. The molecule has 0 aliphatic carbocycles. The topological polar surface area (TPSA) is 40.6 Å². The van der Waals surface area contributed by atoms with Crippen molar-refractivity contribution in [2.45, 2.75) is 32.6 Å². The van der Waals surface area contributed by atoms with E-state index in [0.29, 0.717) is 5.92 Å². The van der Waals surface area contributed by atoms with Crippen molar-refractivity contribution in [2.75, 3.05) is 26.4 Å². The first-order chi connectivity index (χ1) is 9.14. The normalized spacial score (nSPS) is 24.6. The number of nitrogens with zero attached hydrogens (tertiary/aromatic N) is 1. The van der Waals surface area contributed by atoms with Gasteiger partial charge in [0, 0.05) is 43.1 Å². The van der Waals surface area contributed by atoms with Gasteiger partial charge in [0.15, 0.2) is 0 Å². The fraction of sp³-hybridized carbons (Fsp3) is 0.769. The Morgan fingerprint density at radius 1 is 1.26 bits per heavy atom. The number of hydrogen-bond acceptors (Lipinski definition) is 5. The molecule has 0 radical (unpaired) electrons. The number of thiazole rings is 1. The third kappa shape index (κ3) is 3.19. The van der Waals surface area contributed by atoms with E-state index in [2.05, 4.69) is 19.2 Å². The summed E-state index contributed by atoms with van der Waals surface area (Å²) >= 11 is 1.72. The molecule has 0 saturated carbocycles. The van der Waals surface area contributed by atoms with Gasteiger partial charge >= 0.3 is 7.12 Å². The van der Waals surface area contributed by atoms with Gasteiger partial charge in [0.1, 0.15) is 0 Å². The van der Waals surface area contributed by atoms with Crippen LogP contribution in [0.5, 0.6) is 0 Å². The van der Waals surface area contributed by atoms with Gasteiger partial charge in [-0.1, -0.05) is 13.8 Å². The van der Waals surface area contributed by atoms with Crippen molar-refractivity contribution in [3.05, 3.63) is 10.4 Å². The van der Waals surface area contributed by atoms with Crippen LogP contribution in [0.15, 0.2) is 5.38 Å². The van der Waals surface area contributed by atoms with E-state index in [9.17, 15) is 0 Å². The average Bonchev–Trinajstić information content (AvgIpc) is 2.89. The molecule has 6 heteroatoms. The van der Waals surface area contributed by atoms with Gasteiger partial charge in [-0.2, -0.15) is 0 Å². The Morgan fingerprint density at radius 2 is 1.95 bits per heavy atom. The summed E-state index contributed by atoms with van der Waals surface area (Å²) in [6, 6.07) is 0. The van der Waals surface area contributed by atoms with Gasteiger partial charge in [0.05, 0.1) is 10.6 Å². The average molecular weight is 281 g/mol. The van der Waals surface area contributed by atoms with Gasteiger partial charge in [0.25, 0.3) is 0 Å². The van der Waals surface area contributed by atoms with Gasteiger partial charge in [-0.15, -0.1) is 11.3 Å². The van der Waals surface area contributed by atoms with Crippen LogP contribution in [-0.2, 0) is 14.0 Å². The summed E-state index contributed by atoms with van der Waals surface area (Å²) in [5, 5.41) is 3.28. The first kappa shape index (κ1) is 13.6. The van der Waals surface area contributed by atoms with Gasteiger partial charge in [0.2, 0.25) is 0 Å². The molecule has 3 rings (SSSR count). The summed E-state index contributed by atoms with van der Waals surface area (Å²) in [6.07, 6.45) is 2.15. The molecule has 1 aromatic rings. The second kappa shape index (κ2) is 5.52. The lowest BCUT2D eigenvalue weighted by Crippen LogP contribution is -2.47. The Hall–Kier alpha value is -0.425. The van der Waals surface area contributed by atoms with Crippen molar-refractivity contribution < 1.29 is 14.0 Å². The van der Waals surface area contributed by atoms with E-state index >= 15 is 0 Å². The maximum atomic E-state index is 5.78. The number of ether oxygens (including phenoxy) is 1. The fourth-order valence-electron chi connectivity index (χ4n) is 2.40. The van der Waals surface area contributed by atoms with E-state index in [1.165, 1.54) is 5.01 Å². The zero-order valence-corrected chi connectivity index (χ0v) is 12.4. The Balaban J connectivity index is 1.64. The molecular weight excluding hydrogens is 261 g/mol. The summed E-state index contributed by atoms with van der Waals surface area (Å²) in [4.78, 5) is 4.72. The Morgan fingerprint density at radius 3 is 2.63 bits per heavy atom. The molecule has 0 atom stereocenters. The van der Waals surface area contributed by atoms with Gasteiger partial charge in [-0.05, 0) is 12.8 Å². The van der Waals surface area contributed by atoms with E-state index in [4.69, 9.17) is 19.0 Å². The lowest BCUT2D eigenvalue weighted by Gasteiger charge is -2.32. The Labute approximate surface area is 118 Å². The quantitative estimate of drug-likeness (QED) is 0.775. The van der Waals surface area contributed by atoms with E-state index < -0.39 is 0 Å². The molecule has 4 nitrogen and oxygen atoms in total. The van der Waals surface area contributed by atoms with Crippen LogP contribution >= 0.6 is 11.3 Å². The lowest BCUT2D eigenvalue weighted by molar-refractivity contribution is 0.0340. The summed E-state index contributed by atoms with van der Waals surface area (Å²) in [5.41, 5.74) is 1.04. The molecule has 2 aliphatic heterocycles. The van der Waals surface area contributed by atoms with Crippen molar-refractivity contribution in [1.82, 2.24) is 4.98 Å². The minimum Gasteiger partial charge on any atom is -0.406 e. The van der Waals surface area contributed by atoms with Crippen LogP contribution in [0.1, 0.15) is 37.6 Å². The standard InChI is InChI=1S/C13H20BNO3S/c1-13(2)8-17-14(18-9-13)11-7-19-12(15-11)10-3-5-16-6-4-10/h7,10H,3-6,8-9H2,1-2H3. The first-order valence-electron chi connectivity index (χ1n) is 6.90. The highest BCUT2D eigenvalue weighted by molar-refractivity contribution is 7.10. The largest absolute Gasteiger partial charge is 0.514 e. The fourth-order valence-corrected chi connectivity index (χ4v) is 3.40. The van der Waals surface area contributed by atoms with Gasteiger partial charge < -0.3 is 14.0 Å². The van der Waals surface area contributed by atoms with Crippen LogP contribution in [0.25, 0.3) is 0 Å². The van der Waals surface area contributed by atoms with Crippen LogP contribution in [0.4, 0.5) is 0 Å². The van der Waals surface area contributed by atoms with Gasteiger partial charge in [-0.25, -0.2) is 4.98 Å². The van der Waals surface area contributed by atoms with Crippen molar-refractivity contribution in [2.24, 2.45) is 5.41 Å². The molecule has 0 aromatic carbocycles. The molecule has 0 bridgehead atoms. The molecule has 0 N–H and O–H groups in total. The molecule has 104 valence electrons. The molecule has 1 aromatic heterocycles. The van der Waals surface area contributed by atoms with Crippen molar-refractivity contribution >= 4 is 24.0 Å². The highest BCUT2D eigenvalue weighted by Crippen LogP contribution is 2.28. The van der Waals surface area contributed by atoms with Crippen molar-refractivity contribution in [3.8, 4) is 0 Å². The second-order valence-electron chi connectivity index (χ2n) is 6.12. The molecule has 0 unspecified atom stereocenters. The van der Waals surface area contributed by atoms with Crippen molar-refractivity contribution in [1.29, 1.82) is 0 Å². The number of rotatable bonds is 2. The van der Waals surface area contributed by atoms with Crippen LogP contribution < -0.4 is 5.59 Å². The zero-order valence-electron chi connectivity index (χ0n) is 11.6. The zero-order chi connectivity index (χ0) is 13.3. The molecule has 2 fully saturated rings. The summed E-state index contributed by atoms with van der Waals surface area (Å²) in [7, 11) is -0.280. The smallest absolute Gasteiger partial charge is 0.406 e. The van der Waals surface area contributed by atoms with E-state index in [-0.39, 0.29) is 12.5 Å². The van der Waals surface area contributed by atoms with Crippen LogP contribution in [-0.4, -0.2) is 38.5 Å². The molecule has 19 heavy (non-hydrogen) atoms. The highest BCUT2D eigenvalue weighted by Gasteiger charge is 2.35. The highest BCUT2D eigenvalue weighted by atomic mass is 32.1. The predicted molar refractivity (Wildman–Crippen MR) is 76.0 cm³/mol. The summed E-state index contributed by atoms with van der Waals surface area (Å²) in [5.74, 6) is 0.549. The monoisotopic (exact) mass is 281 g/mol. The first-order valence-corrected chi connectivity index (χ1v) is 7.78. The third-order valence-electron chi connectivity index (χ3n) is 3.60. The molecule has 0 amide bonds. The number of aromatic nitrogens is 1. The van der Waals surface area contributed by atoms with E-state index in [0.717, 1.165) is 44.9 Å². The van der Waals surface area contributed by atoms with Crippen LogP contribution in [0, 0.1) is 5.41 Å². The molecule has 3 heterocycles. The third-order valence-corrected chi connectivity index (χ3v) is 4.63. The lowest BCUT2D eigenvalue weighted by atomic mass is 9.81. The van der Waals surface area contributed by atoms with E-state index in [1.54, 1.807) is 11.3 Å².